The van der Waals surface area contributed by atoms with Gasteiger partial charge in [-0.3, -0.25) is 0 Å². The minimum absolute atomic E-state index is 0.521. The molecule has 3 nitrogen and oxygen atoms in total. The predicted molar refractivity (Wildman–Crippen MR) is 107 cm³/mol. The summed E-state index contributed by atoms with van der Waals surface area (Å²) in [4.78, 5) is 4.84. The zero-order chi connectivity index (χ0) is 18.0. The van der Waals surface area contributed by atoms with E-state index in [9.17, 15) is 0 Å². The van der Waals surface area contributed by atoms with Crippen LogP contribution in [0.25, 0.3) is 21.8 Å². The number of halogens is 1. The van der Waals surface area contributed by atoms with Crippen LogP contribution in [-0.2, 0) is 6.54 Å². The van der Waals surface area contributed by atoms with Gasteiger partial charge in [0.05, 0.1) is 12.3 Å². The lowest BCUT2D eigenvalue weighted by Crippen LogP contribution is -1.98. The Labute approximate surface area is 157 Å². The summed E-state index contributed by atoms with van der Waals surface area (Å²) < 4.78 is 5.85. The van der Waals surface area contributed by atoms with Gasteiger partial charge in [0.25, 0.3) is 0 Å². The van der Waals surface area contributed by atoms with Crippen molar-refractivity contribution in [1.82, 2.24) is 4.98 Å². The Morgan fingerprint density at radius 1 is 1.24 bits per heavy atom. The molecule has 0 bridgehead atoms. The molecule has 25 heavy (non-hydrogen) atoms. The summed E-state index contributed by atoms with van der Waals surface area (Å²) in [5, 5.41) is 3.78. The Bertz CT molecular complexity index is 905. The molecule has 0 saturated heterocycles. The fourth-order valence-electron chi connectivity index (χ4n) is 2.86. The number of thiazole rings is 1. The van der Waals surface area contributed by atoms with E-state index in [2.05, 4.69) is 17.5 Å². The number of aromatic nitrogens is 1. The van der Waals surface area contributed by atoms with E-state index < -0.39 is 0 Å². The molecule has 1 heterocycles. The smallest absolute Gasteiger partial charge is 0.129 e. The van der Waals surface area contributed by atoms with Crippen molar-refractivity contribution >= 4 is 22.9 Å². The minimum Gasteiger partial charge on any atom is -0.493 e. The monoisotopic (exact) mass is 372 g/mol. The van der Waals surface area contributed by atoms with E-state index in [-0.39, 0.29) is 0 Å². The molecule has 0 radical (unpaired) electrons. The van der Waals surface area contributed by atoms with Crippen molar-refractivity contribution in [3.63, 3.8) is 0 Å². The van der Waals surface area contributed by atoms with E-state index in [1.807, 2.05) is 39.0 Å². The van der Waals surface area contributed by atoms with Gasteiger partial charge in [0.15, 0.2) is 0 Å². The number of ether oxygens (including phenoxy) is 1. The zero-order valence-corrected chi connectivity index (χ0v) is 16.2. The third-order valence-electron chi connectivity index (χ3n) is 4.11. The summed E-state index contributed by atoms with van der Waals surface area (Å²) in [6.45, 7) is 7.11. The van der Waals surface area contributed by atoms with Crippen molar-refractivity contribution in [3.8, 4) is 27.6 Å². The summed E-state index contributed by atoms with van der Waals surface area (Å²) in [5.74, 6) is 0.828. The molecule has 130 valence electrons. The van der Waals surface area contributed by atoms with Crippen molar-refractivity contribution in [3.05, 3.63) is 57.4 Å². The summed E-state index contributed by atoms with van der Waals surface area (Å²) >= 11 is 8.09. The number of benzene rings is 2. The molecule has 1 aromatic heterocycles. The molecule has 2 N–H and O–H groups in total. The maximum atomic E-state index is 6.47. The number of nitrogens with two attached hydrogens (primary N) is 1. The first kappa shape index (κ1) is 17.9. The van der Waals surface area contributed by atoms with Gasteiger partial charge < -0.3 is 10.5 Å². The lowest BCUT2D eigenvalue weighted by Gasteiger charge is -2.14. The van der Waals surface area contributed by atoms with E-state index in [4.69, 9.17) is 27.1 Å². The molecule has 0 spiro atoms. The van der Waals surface area contributed by atoms with Crippen molar-refractivity contribution in [2.24, 2.45) is 5.73 Å². The Morgan fingerprint density at radius 2 is 2.04 bits per heavy atom. The number of hydrogen-bond donors (Lipinski definition) is 1. The second-order valence-corrected chi connectivity index (χ2v) is 7.12. The molecule has 0 atom stereocenters. The standard InChI is InChI=1S/C20H21ClN2OS/c1-4-24-17-8-12(2)19(21)13(3)18(17)16-11-25-20(23-16)15-7-5-6-14(9-15)10-22/h5-9,11H,4,10,22H2,1-3H3. The lowest BCUT2D eigenvalue weighted by atomic mass is 10.0. The van der Waals surface area contributed by atoms with Crippen molar-refractivity contribution in [1.29, 1.82) is 0 Å². The topological polar surface area (TPSA) is 48.1 Å². The molecule has 2 aromatic carbocycles. The molecule has 3 aromatic rings. The van der Waals surface area contributed by atoms with Gasteiger partial charge in [-0.15, -0.1) is 11.3 Å². The van der Waals surface area contributed by atoms with Crippen LogP contribution in [0.3, 0.4) is 0 Å². The molecule has 0 aliphatic rings. The van der Waals surface area contributed by atoms with Crippen LogP contribution in [-0.4, -0.2) is 11.6 Å². The van der Waals surface area contributed by atoms with Crippen LogP contribution in [0.1, 0.15) is 23.6 Å². The van der Waals surface area contributed by atoms with Gasteiger partial charge in [-0.2, -0.15) is 0 Å². The molecule has 3 rings (SSSR count). The Balaban J connectivity index is 2.09. The van der Waals surface area contributed by atoms with Gasteiger partial charge >= 0.3 is 0 Å². The second-order valence-electron chi connectivity index (χ2n) is 5.88. The number of aryl methyl sites for hydroxylation is 1. The van der Waals surface area contributed by atoms with Crippen LogP contribution in [0.4, 0.5) is 0 Å². The second kappa shape index (κ2) is 7.56. The van der Waals surface area contributed by atoms with E-state index >= 15 is 0 Å². The van der Waals surface area contributed by atoms with E-state index in [0.717, 1.165) is 49.3 Å². The molecular formula is C20H21ClN2OS. The fourth-order valence-corrected chi connectivity index (χ4v) is 3.82. The normalized spacial score (nSPS) is 10.9. The van der Waals surface area contributed by atoms with Gasteiger partial charge in [-0.25, -0.2) is 4.98 Å². The summed E-state index contributed by atoms with van der Waals surface area (Å²) in [7, 11) is 0. The largest absolute Gasteiger partial charge is 0.493 e. The molecule has 0 aliphatic carbocycles. The van der Waals surface area contributed by atoms with E-state index in [1.54, 1.807) is 11.3 Å². The van der Waals surface area contributed by atoms with Crippen molar-refractivity contribution < 1.29 is 4.74 Å². The Morgan fingerprint density at radius 3 is 2.76 bits per heavy atom. The summed E-state index contributed by atoms with van der Waals surface area (Å²) in [5.41, 5.74) is 11.8. The van der Waals surface area contributed by atoms with Crippen LogP contribution in [0.15, 0.2) is 35.7 Å². The van der Waals surface area contributed by atoms with Gasteiger partial charge in [0.2, 0.25) is 0 Å². The van der Waals surface area contributed by atoms with Crippen molar-refractivity contribution in [2.75, 3.05) is 6.61 Å². The maximum Gasteiger partial charge on any atom is 0.129 e. The molecule has 0 unspecified atom stereocenters. The van der Waals surface area contributed by atoms with Crippen LogP contribution in [0, 0.1) is 13.8 Å². The van der Waals surface area contributed by atoms with Crippen LogP contribution in [0.2, 0.25) is 5.02 Å². The summed E-state index contributed by atoms with van der Waals surface area (Å²) in [6.07, 6.45) is 0. The number of rotatable bonds is 5. The average molecular weight is 373 g/mol. The fraction of sp³-hybridized carbons (Fsp3) is 0.250. The molecule has 5 heteroatoms. The third kappa shape index (κ3) is 3.56. The quantitative estimate of drug-likeness (QED) is 0.633. The van der Waals surface area contributed by atoms with Gasteiger partial charge in [0, 0.05) is 28.1 Å². The first-order valence-corrected chi connectivity index (χ1v) is 9.48. The van der Waals surface area contributed by atoms with Crippen LogP contribution < -0.4 is 10.5 Å². The minimum atomic E-state index is 0.521. The first-order valence-electron chi connectivity index (χ1n) is 8.23. The lowest BCUT2D eigenvalue weighted by molar-refractivity contribution is 0.341. The Kier molecular flexibility index (Phi) is 5.42. The molecule has 0 saturated carbocycles. The predicted octanol–water partition coefficient (Wildman–Crippen LogP) is 5.60. The highest BCUT2D eigenvalue weighted by molar-refractivity contribution is 7.13. The SMILES string of the molecule is CCOc1cc(C)c(Cl)c(C)c1-c1csc(-c2cccc(CN)c2)n1. The molecule has 0 fully saturated rings. The average Bonchev–Trinajstić information content (AvgIpc) is 3.10. The zero-order valence-electron chi connectivity index (χ0n) is 14.6. The Hall–Kier alpha value is -1.88. The first-order chi connectivity index (χ1) is 12.0. The molecule has 0 aliphatic heterocycles. The highest BCUT2D eigenvalue weighted by Crippen LogP contribution is 2.40. The highest BCUT2D eigenvalue weighted by Gasteiger charge is 2.18. The van der Waals surface area contributed by atoms with Crippen LogP contribution >= 0.6 is 22.9 Å². The van der Waals surface area contributed by atoms with E-state index in [0.29, 0.717) is 13.2 Å². The van der Waals surface area contributed by atoms with Gasteiger partial charge in [-0.1, -0.05) is 29.8 Å². The highest BCUT2D eigenvalue weighted by atomic mass is 35.5. The van der Waals surface area contributed by atoms with Crippen LogP contribution in [0.5, 0.6) is 5.75 Å². The number of hydrogen-bond acceptors (Lipinski definition) is 4. The molecular weight excluding hydrogens is 352 g/mol. The van der Waals surface area contributed by atoms with Gasteiger partial charge in [0.1, 0.15) is 10.8 Å². The van der Waals surface area contributed by atoms with Gasteiger partial charge in [-0.05, 0) is 49.6 Å². The maximum absolute atomic E-state index is 6.47. The van der Waals surface area contributed by atoms with Crippen molar-refractivity contribution in [2.45, 2.75) is 27.3 Å². The van der Waals surface area contributed by atoms with E-state index in [1.165, 1.54) is 0 Å². The molecule has 0 amide bonds. The summed E-state index contributed by atoms with van der Waals surface area (Å²) in [6, 6.07) is 10.2. The number of nitrogens with zero attached hydrogens (tertiary/aromatic N) is 1. The third-order valence-corrected chi connectivity index (χ3v) is 5.59.